The SMILES string of the molecule is CC(C)OCCCCNC(=O)c1cn(C2CNC2)nn1. The van der Waals surface area contributed by atoms with Crippen molar-refractivity contribution in [2.75, 3.05) is 26.2 Å². The fourth-order valence-corrected chi connectivity index (χ4v) is 1.86. The number of hydrogen-bond donors (Lipinski definition) is 2. The molecule has 112 valence electrons. The zero-order valence-corrected chi connectivity index (χ0v) is 12.1. The average molecular weight is 281 g/mol. The number of amides is 1. The van der Waals surface area contributed by atoms with Crippen LogP contribution in [0.3, 0.4) is 0 Å². The molecule has 1 saturated heterocycles. The molecule has 0 bridgehead atoms. The van der Waals surface area contributed by atoms with Crippen molar-refractivity contribution in [3.8, 4) is 0 Å². The van der Waals surface area contributed by atoms with Crippen molar-refractivity contribution in [2.45, 2.75) is 38.8 Å². The first-order valence-electron chi connectivity index (χ1n) is 7.19. The molecule has 0 aliphatic carbocycles. The first-order valence-corrected chi connectivity index (χ1v) is 7.19. The lowest BCUT2D eigenvalue weighted by molar-refractivity contribution is 0.0754. The van der Waals surface area contributed by atoms with Crippen molar-refractivity contribution in [3.63, 3.8) is 0 Å². The van der Waals surface area contributed by atoms with Gasteiger partial charge in [-0.05, 0) is 26.7 Å². The van der Waals surface area contributed by atoms with Crippen LogP contribution < -0.4 is 10.6 Å². The molecule has 7 nitrogen and oxygen atoms in total. The quantitative estimate of drug-likeness (QED) is 0.672. The van der Waals surface area contributed by atoms with Gasteiger partial charge in [0, 0.05) is 26.2 Å². The number of hydrogen-bond acceptors (Lipinski definition) is 5. The van der Waals surface area contributed by atoms with Crippen LogP contribution in [0.15, 0.2) is 6.20 Å². The number of unbranched alkanes of at least 4 members (excludes halogenated alkanes) is 1. The topological polar surface area (TPSA) is 81.1 Å². The van der Waals surface area contributed by atoms with Crippen molar-refractivity contribution in [2.24, 2.45) is 0 Å². The van der Waals surface area contributed by atoms with Crippen molar-refractivity contribution in [3.05, 3.63) is 11.9 Å². The molecule has 0 unspecified atom stereocenters. The van der Waals surface area contributed by atoms with E-state index in [1.54, 1.807) is 10.9 Å². The number of nitrogens with zero attached hydrogens (tertiary/aromatic N) is 3. The summed E-state index contributed by atoms with van der Waals surface area (Å²) in [6, 6.07) is 0.331. The molecule has 1 aliphatic rings. The highest BCUT2D eigenvalue weighted by molar-refractivity contribution is 5.91. The molecule has 7 heteroatoms. The average Bonchev–Trinajstić information content (AvgIpc) is 2.80. The van der Waals surface area contributed by atoms with E-state index in [-0.39, 0.29) is 12.0 Å². The van der Waals surface area contributed by atoms with Crippen molar-refractivity contribution < 1.29 is 9.53 Å². The van der Waals surface area contributed by atoms with E-state index >= 15 is 0 Å². The molecular weight excluding hydrogens is 258 g/mol. The highest BCUT2D eigenvalue weighted by Crippen LogP contribution is 2.09. The summed E-state index contributed by atoms with van der Waals surface area (Å²) in [6.45, 7) is 7.18. The van der Waals surface area contributed by atoms with E-state index in [0.717, 1.165) is 32.5 Å². The first kappa shape index (κ1) is 14.9. The summed E-state index contributed by atoms with van der Waals surface area (Å²) in [6.07, 6.45) is 3.82. The Morgan fingerprint density at radius 3 is 3.00 bits per heavy atom. The number of aromatic nitrogens is 3. The summed E-state index contributed by atoms with van der Waals surface area (Å²) >= 11 is 0. The van der Waals surface area contributed by atoms with E-state index in [1.165, 1.54) is 0 Å². The van der Waals surface area contributed by atoms with Crippen LogP contribution in [0.4, 0.5) is 0 Å². The fourth-order valence-electron chi connectivity index (χ4n) is 1.86. The van der Waals surface area contributed by atoms with Crippen LogP contribution in [0.1, 0.15) is 43.2 Å². The smallest absolute Gasteiger partial charge is 0.273 e. The van der Waals surface area contributed by atoms with Crippen LogP contribution in [0, 0.1) is 0 Å². The summed E-state index contributed by atoms with van der Waals surface area (Å²) in [7, 11) is 0. The zero-order chi connectivity index (χ0) is 14.4. The van der Waals surface area contributed by atoms with Gasteiger partial charge < -0.3 is 15.4 Å². The van der Waals surface area contributed by atoms with Gasteiger partial charge in [-0.25, -0.2) is 4.68 Å². The van der Waals surface area contributed by atoms with E-state index in [2.05, 4.69) is 20.9 Å². The molecule has 1 aromatic rings. The van der Waals surface area contributed by atoms with Crippen LogP contribution in [0.2, 0.25) is 0 Å². The number of rotatable bonds is 8. The molecule has 20 heavy (non-hydrogen) atoms. The van der Waals surface area contributed by atoms with E-state index < -0.39 is 0 Å². The lowest BCUT2D eigenvalue weighted by atomic mass is 10.2. The highest BCUT2D eigenvalue weighted by atomic mass is 16.5. The molecular formula is C13H23N5O2. The third kappa shape index (κ3) is 4.28. The third-order valence-corrected chi connectivity index (χ3v) is 3.18. The monoisotopic (exact) mass is 281 g/mol. The maximum atomic E-state index is 11.9. The van der Waals surface area contributed by atoms with Crippen LogP contribution >= 0.6 is 0 Å². The molecule has 2 rings (SSSR count). The molecule has 2 N–H and O–H groups in total. The molecule has 0 atom stereocenters. The Hall–Kier alpha value is -1.47. The van der Waals surface area contributed by atoms with Crippen LogP contribution in [0.5, 0.6) is 0 Å². The minimum atomic E-state index is -0.159. The summed E-state index contributed by atoms with van der Waals surface area (Å²) in [5, 5.41) is 13.9. The molecule has 0 aromatic carbocycles. The predicted molar refractivity (Wildman–Crippen MR) is 74.6 cm³/mol. The van der Waals surface area contributed by atoms with Crippen LogP contribution in [-0.2, 0) is 4.74 Å². The number of carbonyl (C=O) groups is 1. The van der Waals surface area contributed by atoms with E-state index in [1.807, 2.05) is 13.8 Å². The van der Waals surface area contributed by atoms with Gasteiger partial charge in [0.25, 0.3) is 5.91 Å². The molecule has 0 radical (unpaired) electrons. The predicted octanol–water partition coefficient (Wildman–Crippen LogP) is 0.357. The second kappa shape index (κ2) is 7.35. The van der Waals surface area contributed by atoms with Crippen LogP contribution in [0.25, 0.3) is 0 Å². The molecule has 2 heterocycles. The first-order chi connectivity index (χ1) is 9.66. The Bertz CT molecular complexity index is 428. The Balaban J connectivity index is 1.63. The molecule has 1 amide bonds. The number of ether oxygens (including phenoxy) is 1. The van der Waals surface area contributed by atoms with Crippen LogP contribution in [-0.4, -0.2) is 53.2 Å². The molecule has 0 spiro atoms. The molecule has 1 aliphatic heterocycles. The van der Waals surface area contributed by atoms with Crippen molar-refractivity contribution in [1.29, 1.82) is 0 Å². The second-order valence-corrected chi connectivity index (χ2v) is 5.28. The minimum Gasteiger partial charge on any atom is -0.379 e. The second-order valence-electron chi connectivity index (χ2n) is 5.28. The Kier molecular flexibility index (Phi) is 5.49. The van der Waals surface area contributed by atoms with Gasteiger partial charge in [-0.3, -0.25) is 4.79 Å². The van der Waals surface area contributed by atoms with Gasteiger partial charge in [0.1, 0.15) is 0 Å². The van der Waals surface area contributed by atoms with E-state index in [9.17, 15) is 4.79 Å². The van der Waals surface area contributed by atoms with Crippen molar-refractivity contribution in [1.82, 2.24) is 25.6 Å². The van der Waals surface area contributed by atoms with Gasteiger partial charge in [0.05, 0.1) is 18.3 Å². The van der Waals surface area contributed by atoms with Gasteiger partial charge in [-0.2, -0.15) is 0 Å². The highest BCUT2D eigenvalue weighted by Gasteiger charge is 2.21. The maximum Gasteiger partial charge on any atom is 0.273 e. The zero-order valence-electron chi connectivity index (χ0n) is 12.1. The Morgan fingerprint density at radius 1 is 1.55 bits per heavy atom. The van der Waals surface area contributed by atoms with Gasteiger partial charge in [-0.1, -0.05) is 5.21 Å². The number of carbonyl (C=O) groups excluding carboxylic acids is 1. The molecule has 1 fully saturated rings. The minimum absolute atomic E-state index is 0.159. The summed E-state index contributed by atoms with van der Waals surface area (Å²) in [4.78, 5) is 11.9. The lowest BCUT2D eigenvalue weighted by Gasteiger charge is -2.26. The Morgan fingerprint density at radius 2 is 2.35 bits per heavy atom. The molecule has 1 aromatic heterocycles. The third-order valence-electron chi connectivity index (χ3n) is 3.18. The Labute approximate surface area is 119 Å². The fraction of sp³-hybridized carbons (Fsp3) is 0.769. The summed E-state index contributed by atoms with van der Waals surface area (Å²) < 4.78 is 7.19. The maximum absolute atomic E-state index is 11.9. The number of nitrogens with one attached hydrogen (secondary N) is 2. The summed E-state index contributed by atoms with van der Waals surface area (Å²) in [5.74, 6) is -0.159. The summed E-state index contributed by atoms with van der Waals surface area (Å²) in [5.41, 5.74) is 0.385. The van der Waals surface area contributed by atoms with Gasteiger partial charge >= 0.3 is 0 Å². The standard InChI is InChI=1S/C13H23N5O2/c1-10(2)20-6-4-3-5-15-13(19)12-9-18(17-16-12)11-7-14-8-11/h9-11,14H,3-8H2,1-2H3,(H,15,19). The largest absolute Gasteiger partial charge is 0.379 e. The lowest BCUT2D eigenvalue weighted by Crippen LogP contribution is -2.43. The van der Waals surface area contributed by atoms with Gasteiger partial charge in [-0.15, -0.1) is 5.10 Å². The van der Waals surface area contributed by atoms with Crippen molar-refractivity contribution >= 4 is 5.91 Å². The normalized spacial score (nSPS) is 15.3. The van der Waals surface area contributed by atoms with Gasteiger partial charge in [0.2, 0.25) is 0 Å². The van der Waals surface area contributed by atoms with E-state index in [4.69, 9.17) is 4.74 Å². The van der Waals surface area contributed by atoms with Gasteiger partial charge in [0.15, 0.2) is 5.69 Å². The van der Waals surface area contributed by atoms with E-state index in [0.29, 0.717) is 18.3 Å². The molecule has 0 saturated carbocycles.